The van der Waals surface area contributed by atoms with Crippen LogP contribution in [0.1, 0.15) is 18.4 Å². The van der Waals surface area contributed by atoms with E-state index in [1.165, 1.54) is 17.0 Å². The molecule has 0 N–H and O–H groups in total. The van der Waals surface area contributed by atoms with Crippen LogP contribution < -0.4 is 20.1 Å². The van der Waals surface area contributed by atoms with Gasteiger partial charge in [0, 0.05) is 56.5 Å². The average molecular weight is 554 g/mol. The zero-order valence-electron chi connectivity index (χ0n) is 22.4. The van der Waals surface area contributed by atoms with Crippen molar-refractivity contribution in [3.63, 3.8) is 0 Å². The predicted octanol–water partition coefficient (Wildman–Crippen LogP) is 2.59. The number of carbonyl (C=O) groups excluding carboxylic acids is 1. The molecule has 3 aromatic rings. The van der Waals surface area contributed by atoms with Crippen LogP contribution in [0.15, 0.2) is 47.7 Å². The van der Waals surface area contributed by atoms with Crippen LogP contribution in [0.4, 0.5) is 16.2 Å². The van der Waals surface area contributed by atoms with Gasteiger partial charge in [0.15, 0.2) is 0 Å². The van der Waals surface area contributed by atoms with Gasteiger partial charge in [-0.2, -0.15) is 4.98 Å². The van der Waals surface area contributed by atoms with E-state index in [1.807, 2.05) is 12.1 Å². The Morgan fingerprint density at radius 1 is 1.10 bits per heavy atom. The zero-order chi connectivity index (χ0) is 27.4. The van der Waals surface area contributed by atoms with Crippen LogP contribution in [-0.4, -0.2) is 76.4 Å². The lowest BCUT2D eigenvalue weighted by molar-refractivity contribution is 0.111. The van der Waals surface area contributed by atoms with E-state index < -0.39 is 0 Å². The third kappa shape index (κ3) is 6.34. The molecular formula is C27H33N6O5S+. The van der Waals surface area contributed by atoms with Crippen molar-refractivity contribution in [1.29, 1.82) is 0 Å². The molecule has 0 saturated carbocycles. The van der Waals surface area contributed by atoms with Gasteiger partial charge in [-0.1, -0.05) is 0 Å². The Kier molecular flexibility index (Phi) is 8.32. The third-order valence-corrected chi connectivity index (χ3v) is 7.78. The van der Waals surface area contributed by atoms with Crippen LogP contribution in [0, 0.1) is 0 Å². The number of nitrogens with zero attached hydrogens (tertiary/aromatic N) is 6. The Labute approximate surface area is 230 Å². The molecule has 0 unspecified atom stereocenters. The number of carbonyl (C=O) groups is 1. The Morgan fingerprint density at radius 2 is 1.92 bits per heavy atom. The van der Waals surface area contributed by atoms with E-state index in [1.54, 1.807) is 24.2 Å². The fourth-order valence-electron chi connectivity index (χ4n) is 4.55. The average Bonchev–Trinajstić information content (AvgIpc) is 2.95. The standard InChI is InChI=1S/C27H33N6O5S/c1-31-25(34)15-23(22-6-9-28-17-29-22)30-26(31)38-21-7-10-32(11-8-21)20-4-5-24-19(14-20)16-37-27(35)33(24)18-36-12-13-39(2)3/h4-6,9,14-15,17,21H,7-8,10-13,16,18H2,1-3H3/q+1. The maximum absolute atomic E-state index is 12.5. The summed E-state index contributed by atoms with van der Waals surface area (Å²) in [4.78, 5) is 41.4. The van der Waals surface area contributed by atoms with Gasteiger partial charge in [0.25, 0.3) is 11.6 Å². The molecule has 0 aliphatic carbocycles. The van der Waals surface area contributed by atoms with Crippen molar-refractivity contribution < 1.29 is 19.0 Å². The third-order valence-electron chi connectivity index (χ3n) is 6.80. The first-order chi connectivity index (χ1) is 18.9. The van der Waals surface area contributed by atoms with Crippen molar-refractivity contribution in [1.82, 2.24) is 19.5 Å². The number of ether oxygens (including phenoxy) is 3. The van der Waals surface area contributed by atoms with Crippen LogP contribution in [0.5, 0.6) is 6.01 Å². The second-order valence-corrected chi connectivity index (χ2v) is 12.1. The minimum atomic E-state index is -0.382. The molecular weight excluding hydrogens is 520 g/mol. The fraction of sp³-hybridized carbons (Fsp3) is 0.444. The lowest BCUT2D eigenvalue weighted by Gasteiger charge is -2.35. The summed E-state index contributed by atoms with van der Waals surface area (Å²) in [5.74, 6) is 0.966. The highest BCUT2D eigenvalue weighted by Gasteiger charge is 2.28. The van der Waals surface area contributed by atoms with Crippen molar-refractivity contribution in [2.45, 2.75) is 25.6 Å². The second kappa shape index (κ2) is 12.0. The lowest BCUT2D eigenvalue weighted by Crippen LogP contribution is -2.40. The van der Waals surface area contributed by atoms with Gasteiger partial charge in [0.2, 0.25) is 0 Å². The smallest absolute Gasteiger partial charge is 0.416 e. The van der Waals surface area contributed by atoms with Gasteiger partial charge < -0.3 is 19.1 Å². The van der Waals surface area contributed by atoms with Crippen molar-refractivity contribution in [2.24, 2.45) is 7.05 Å². The van der Waals surface area contributed by atoms with Crippen LogP contribution in [0.2, 0.25) is 0 Å². The summed E-state index contributed by atoms with van der Waals surface area (Å²) in [5, 5.41) is 0. The molecule has 206 valence electrons. The fourth-order valence-corrected chi connectivity index (χ4v) is 5.00. The molecule has 0 spiro atoms. The molecule has 4 heterocycles. The van der Waals surface area contributed by atoms with Gasteiger partial charge in [-0.25, -0.2) is 14.8 Å². The van der Waals surface area contributed by atoms with Gasteiger partial charge in [-0.15, -0.1) is 0 Å². The van der Waals surface area contributed by atoms with Crippen molar-refractivity contribution in [3.8, 4) is 17.4 Å². The summed E-state index contributed by atoms with van der Waals surface area (Å²) in [7, 11) is 1.95. The van der Waals surface area contributed by atoms with Crippen molar-refractivity contribution in [2.75, 3.05) is 54.5 Å². The van der Waals surface area contributed by atoms with E-state index >= 15 is 0 Å². The van der Waals surface area contributed by atoms with E-state index in [0.717, 1.165) is 48.6 Å². The monoisotopic (exact) mass is 553 g/mol. The van der Waals surface area contributed by atoms with E-state index in [9.17, 15) is 9.59 Å². The molecule has 2 aliphatic heterocycles. The van der Waals surface area contributed by atoms with Crippen LogP contribution in [0.3, 0.4) is 0 Å². The van der Waals surface area contributed by atoms with E-state index in [0.29, 0.717) is 28.9 Å². The lowest BCUT2D eigenvalue weighted by atomic mass is 10.0. The summed E-state index contributed by atoms with van der Waals surface area (Å²) >= 11 is 0. The first kappa shape index (κ1) is 26.9. The molecule has 0 atom stereocenters. The summed E-state index contributed by atoms with van der Waals surface area (Å²) in [6.07, 6.45) is 8.47. The minimum Gasteiger partial charge on any atom is -0.461 e. The number of hydrogen-bond donors (Lipinski definition) is 0. The Balaban J connectivity index is 1.22. The SMILES string of the molecule is Cn1c(OC2CCN(c3ccc4c(c3)COC(=O)N4COCC[S+](C)C)CC2)nc(-c2ccncn2)cc1=O. The molecule has 0 bridgehead atoms. The van der Waals surface area contributed by atoms with E-state index in [2.05, 4.69) is 38.4 Å². The van der Waals surface area contributed by atoms with Gasteiger partial charge in [0.05, 0.1) is 36.2 Å². The van der Waals surface area contributed by atoms with Crippen LogP contribution >= 0.6 is 0 Å². The number of cyclic esters (lactones) is 1. The van der Waals surface area contributed by atoms with Gasteiger partial charge >= 0.3 is 6.09 Å². The minimum absolute atomic E-state index is 0.0716. The molecule has 1 saturated heterocycles. The molecule has 39 heavy (non-hydrogen) atoms. The number of rotatable bonds is 9. The second-order valence-electron chi connectivity index (χ2n) is 9.74. The molecule has 5 rings (SSSR count). The first-order valence-corrected chi connectivity index (χ1v) is 15.1. The highest BCUT2D eigenvalue weighted by molar-refractivity contribution is 7.95. The predicted molar refractivity (Wildman–Crippen MR) is 150 cm³/mol. The number of fused-ring (bicyclic) bond motifs is 1. The number of benzene rings is 1. The molecule has 0 radical (unpaired) electrons. The number of aromatic nitrogens is 4. The summed E-state index contributed by atoms with van der Waals surface area (Å²) in [6.45, 7) is 2.60. The van der Waals surface area contributed by atoms with Crippen LogP contribution in [0.25, 0.3) is 11.4 Å². The highest BCUT2D eigenvalue weighted by Crippen LogP contribution is 2.32. The molecule has 2 aliphatic rings. The summed E-state index contributed by atoms with van der Waals surface area (Å²) < 4.78 is 18.8. The number of hydrogen-bond acceptors (Lipinski definition) is 9. The Bertz CT molecular complexity index is 1360. The van der Waals surface area contributed by atoms with Crippen LogP contribution in [-0.2, 0) is 34.0 Å². The number of piperidine rings is 1. The molecule has 1 amide bonds. The molecule has 12 heteroatoms. The van der Waals surface area contributed by atoms with Gasteiger partial charge in [0.1, 0.15) is 31.5 Å². The maximum Gasteiger partial charge on any atom is 0.416 e. The number of anilines is 2. The quantitative estimate of drug-likeness (QED) is 0.292. The van der Waals surface area contributed by atoms with E-state index in [4.69, 9.17) is 14.2 Å². The summed E-state index contributed by atoms with van der Waals surface area (Å²) in [5.41, 5.74) is 3.68. The highest BCUT2D eigenvalue weighted by atomic mass is 32.2. The Morgan fingerprint density at radius 3 is 2.67 bits per heavy atom. The van der Waals surface area contributed by atoms with Crippen molar-refractivity contribution >= 4 is 28.4 Å². The van der Waals surface area contributed by atoms with Gasteiger partial charge in [-0.05, 0) is 35.2 Å². The maximum atomic E-state index is 12.5. The largest absolute Gasteiger partial charge is 0.461 e. The van der Waals surface area contributed by atoms with Gasteiger partial charge in [-0.3, -0.25) is 14.3 Å². The molecule has 1 fully saturated rings. The normalized spacial score (nSPS) is 15.8. The topological polar surface area (TPSA) is 112 Å². The zero-order valence-corrected chi connectivity index (χ0v) is 23.2. The van der Waals surface area contributed by atoms with Crippen molar-refractivity contribution in [3.05, 3.63) is 58.8 Å². The molecule has 1 aromatic carbocycles. The number of amides is 1. The van der Waals surface area contributed by atoms with E-state index in [-0.39, 0.29) is 37.1 Å². The summed E-state index contributed by atoms with van der Waals surface area (Å²) in [6, 6.07) is 9.54. The molecule has 11 nitrogen and oxygen atoms in total. The first-order valence-electron chi connectivity index (χ1n) is 12.8. The Hall–Kier alpha value is -3.64. The molecule has 2 aromatic heterocycles.